The summed E-state index contributed by atoms with van der Waals surface area (Å²) in [6.45, 7) is 1.89. The molecule has 0 spiro atoms. The highest BCUT2D eigenvalue weighted by Crippen LogP contribution is 2.27. The van der Waals surface area contributed by atoms with Crippen molar-refractivity contribution in [2.45, 2.75) is 13.0 Å². The first-order valence-corrected chi connectivity index (χ1v) is 6.25. The molecule has 2 aromatic rings. The minimum Gasteiger partial charge on any atom is -0.320 e. The van der Waals surface area contributed by atoms with Crippen molar-refractivity contribution in [1.82, 2.24) is 0 Å². The number of halogens is 3. The first kappa shape index (κ1) is 13.2. The SMILES string of the molecule is Cc1cc(Br)ccc1C(N)c1cccc(F)c1F. The van der Waals surface area contributed by atoms with Crippen LogP contribution in [0.5, 0.6) is 0 Å². The van der Waals surface area contributed by atoms with Gasteiger partial charge >= 0.3 is 0 Å². The van der Waals surface area contributed by atoms with Gasteiger partial charge in [-0.25, -0.2) is 8.78 Å². The number of aryl methyl sites for hydroxylation is 1. The first-order valence-electron chi connectivity index (χ1n) is 5.46. The van der Waals surface area contributed by atoms with Gasteiger partial charge in [0, 0.05) is 10.0 Å². The van der Waals surface area contributed by atoms with Crippen molar-refractivity contribution in [3.05, 3.63) is 69.2 Å². The van der Waals surface area contributed by atoms with Crippen LogP contribution in [0.2, 0.25) is 0 Å². The van der Waals surface area contributed by atoms with Gasteiger partial charge in [0.2, 0.25) is 0 Å². The Balaban J connectivity index is 2.48. The van der Waals surface area contributed by atoms with Crippen LogP contribution in [0.3, 0.4) is 0 Å². The second-order valence-corrected chi connectivity index (χ2v) is 5.04. The second-order valence-electron chi connectivity index (χ2n) is 4.12. The quantitative estimate of drug-likeness (QED) is 0.888. The van der Waals surface area contributed by atoms with Gasteiger partial charge in [-0.05, 0) is 36.2 Å². The van der Waals surface area contributed by atoms with Crippen molar-refractivity contribution in [3.8, 4) is 0 Å². The van der Waals surface area contributed by atoms with Crippen LogP contribution in [0.15, 0.2) is 40.9 Å². The Morgan fingerprint density at radius 3 is 2.50 bits per heavy atom. The zero-order chi connectivity index (χ0) is 13.3. The molecule has 2 N–H and O–H groups in total. The molecule has 0 fully saturated rings. The minimum absolute atomic E-state index is 0.167. The maximum atomic E-state index is 13.7. The standard InChI is InChI=1S/C14H12BrF2N/c1-8-7-9(15)5-6-10(8)14(18)11-3-2-4-12(16)13(11)17/h2-7,14H,18H2,1H3. The summed E-state index contributed by atoms with van der Waals surface area (Å²) in [6.07, 6.45) is 0. The molecule has 0 aliphatic heterocycles. The Bertz CT molecular complexity index is 584. The van der Waals surface area contributed by atoms with E-state index in [1.165, 1.54) is 12.1 Å². The molecule has 0 saturated heterocycles. The average Bonchev–Trinajstić information content (AvgIpc) is 2.32. The monoisotopic (exact) mass is 311 g/mol. The third-order valence-electron chi connectivity index (χ3n) is 2.88. The largest absolute Gasteiger partial charge is 0.320 e. The fourth-order valence-electron chi connectivity index (χ4n) is 1.92. The number of nitrogens with two attached hydrogens (primary N) is 1. The van der Waals surface area contributed by atoms with E-state index in [-0.39, 0.29) is 5.56 Å². The molecule has 4 heteroatoms. The maximum Gasteiger partial charge on any atom is 0.163 e. The summed E-state index contributed by atoms with van der Waals surface area (Å²) in [7, 11) is 0. The van der Waals surface area contributed by atoms with E-state index < -0.39 is 17.7 Å². The summed E-state index contributed by atoms with van der Waals surface area (Å²) in [5.41, 5.74) is 7.89. The van der Waals surface area contributed by atoms with Gasteiger partial charge in [-0.2, -0.15) is 0 Å². The summed E-state index contributed by atoms with van der Waals surface area (Å²) in [4.78, 5) is 0. The predicted octanol–water partition coefficient (Wildman–Crippen LogP) is 4.08. The fourth-order valence-corrected chi connectivity index (χ4v) is 2.39. The number of hydrogen-bond donors (Lipinski definition) is 1. The van der Waals surface area contributed by atoms with Gasteiger partial charge in [0.15, 0.2) is 11.6 Å². The topological polar surface area (TPSA) is 26.0 Å². The smallest absolute Gasteiger partial charge is 0.163 e. The zero-order valence-electron chi connectivity index (χ0n) is 9.75. The lowest BCUT2D eigenvalue weighted by Crippen LogP contribution is -2.15. The Labute approximate surface area is 113 Å². The van der Waals surface area contributed by atoms with E-state index in [0.717, 1.165) is 21.7 Å². The van der Waals surface area contributed by atoms with E-state index in [2.05, 4.69) is 15.9 Å². The zero-order valence-corrected chi connectivity index (χ0v) is 11.3. The molecule has 18 heavy (non-hydrogen) atoms. The van der Waals surface area contributed by atoms with Crippen molar-refractivity contribution < 1.29 is 8.78 Å². The molecule has 0 radical (unpaired) electrons. The van der Waals surface area contributed by atoms with E-state index in [1.807, 2.05) is 25.1 Å². The van der Waals surface area contributed by atoms with Gasteiger partial charge in [0.25, 0.3) is 0 Å². The van der Waals surface area contributed by atoms with Gasteiger partial charge in [-0.3, -0.25) is 0 Å². The van der Waals surface area contributed by atoms with Crippen molar-refractivity contribution in [3.63, 3.8) is 0 Å². The van der Waals surface area contributed by atoms with Crippen molar-refractivity contribution in [2.24, 2.45) is 5.73 Å². The second kappa shape index (κ2) is 5.16. The summed E-state index contributed by atoms with van der Waals surface area (Å²) < 4.78 is 27.8. The molecule has 94 valence electrons. The first-order chi connectivity index (χ1) is 8.50. The van der Waals surface area contributed by atoms with E-state index >= 15 is 0 Å². The van der Waals surface area contributed by atoms with Crippen LogP contribution < -0.4 is 5.73 Å². The van der Waals surface area contributed by atoms with Crippen LogP contribution in [0.1, 0.15) is 22.7 Å². The molecule has 0 saturated carbocycles. The maximum absolute atomic E-state index is 13.7. The summed E-state index contributed by atoms with van der Waals surface area (Å²) in [6, 6.07) is 8.92. The summed E-state index contributed by atoms with van der Waals surface area (Å²) in [5.74, 6) is -1.76. The fraction of sp³-hybridized carbons (Fsp3) is 0.143. The number of hydrogen-bond acceptors (Lipinski definition) is 1. The number of rotatable bonds is 2. The van der Waals surface area contributed by atoms with Gasteiger partial charge in [0.05, 0.1) is 6.04 Å². The van der Waals surface area contributed by atoms with E-state index in [9.17, 15) is 8.78 Å². The van der Waals surface area contributed by atoms with E-state index in [4.69, 9.17) is 5.73 Å². The third kappa shape index (κ3) is 2.44. The van der Waals surface area contributed by atoms with Gasteiger partial charge < -0.3 is 5.73 Å². The molecular weight excluding hydrogens is 300 g/mol. The van der Waals surface area contributed by atoms with Crippen LogP contribution in [0.25, 0.3) is 0 Å². The molecule has 1 unspecified atom stereocenters. The molecule has 0 aliphatic carbocycles. The van der Waals surface area contributed by atoms with E-state index in [1.54, 1.807) is 0 Å². The van der Waals surface area contributed by atoms with Crippen molar-refractivity contribution in [2.75, 3.05) is 0 Å². The molecule has 0 bridgehead atoms. The van der Waals surface area contributed by atoms with Crippen LogP contribution in [-0.2, 0) is 0 Å². The summed E-state index contributed by atoms with van der Waals surface area (Å²) in [5, 5.41) is 0. The minimum atomic E-state index is -0.882. The number of benzene rings is 2. The molecule has 2 rings (SSSR count). The highest BCUT2D eigenvalue weighted by atomic mass is 79.9. The molecule has 0 aliphatic rings. The molecule has 0 aromatic heterocycles. The Morgan fingerprint density at radius 2 is 1.83 bits per heavy atom. The molecule has 1 nitrogen and oxygen atoms in total. The van der Waals surface area contributed by atoms with Gasteiger partial charge in [0.1, 0.15) is 0 Å². The van der Waals surface area contributed by atoms with Crippen LogP contribution >= 0.6 is 15.9 Å². The summed E-state index contributed by atoms with van der Waals surface area (Å²) >= 11 is 3.35. The molecule has 1 atom stereocenters. The lowest BCUT2D eigenvalue weighted by atomic mass is 9.95. The highest BCUT2D eigenvalue weighted by molar-refractivity contribution is 9.10. The molecule has 0 amide bonds. The third-order valence-corrected chi connectivity index (χ3v) is 3.38. The predicted molar refractivity (Wildman–Crippen MR) is 71.3 cm³/mol. The highest BCUT2D eigenvalue weighted by Gasteiger charge is 2.17. The average molecular weight is 312 g/mol. The lowest BCUT2D eigenvalue weighted by molar-refractivity contribution is 0.494. The molecular formula is C14H12BrF2N. The van der Waals surface area contributed by atoms with Gasteiger partial charge in [-0.1, -0.05) is 34.1 Å². The van der Waals surface area contributed by atoms with Crippen molar-refractivity contribution >= 4 is 15.9 Å². The Hall–Kier alpha value is -1.26. The van der Waals surface area contributed by atoms with Crippen LogP contribution in [0, 0.1) is 18.6 Å². The normalized spacial score (nSPS) is 12.5. The molecule has 2 aromatic carbocycles. The van der Waals surface area contributed by atoms with Crippen LogP contribution in [-0.4, -0.2) is 0 Å². The van der Waals surface area contributed by atoms with E-state index in [0.29, 0.717) is 0 Å². The molecule has 0 heterocycles. The van der Waals surface area contributed by atoms with Crippen molar-refractivity contribution in [1.29, 1.82) is 0 Å². The lowest BCUT2D eigenvalue weighted by Gasteiger charge is -2.16. The Morgan fingerprint density at radius 1 is 1.11 bits per heavy atom. The van der Waals surface area contributed by atoms with Crippen LogP contribution in [0.4, 0.5) is 8.78 Å². The van der Waals surface area contributed by atoms with Gasteiger partial charge in [-0.15, -0.1) is 0 Å². The Kier molecular flexibility index (Phi) is 3.78.